The molecule has 4 rings (SSSR count). The van der Waals surface area contributed by atoms with Gasteiger partial charge in [0.05, 0.1) is 44.0 Å². The molecule has 45 heavy (non-hydrogen) atoms. The van der Waals surface area contributed by atoms with Crippen LogP contribution < -0.4 is 4.74 Å². The van der Waals surface area contributed by atoms with Crippen molar-refractivity contribution in [1.29, 1.82) is 0 Å². The Morgan fingerprint density at radius 2 is 1.11 bits per heavy atom. The summed E-state index contributed by atoms with van der Waals surface area (Å²) in [5.41, 5.74) is -0.596. The van der Waals surface area contributed by atoms with Crippen molar-refractivity contribution in [3.05, 3.63) is 115 Å². The number of nitro groups is 4. The van der Waals surface area contributed by atoms with Crippen LogP contribution in [0, 0.1) is 46.3 Å². The van der Waals surface area contributed by atoms with Crippen LogP contribution in [-0.2, 0) is 27.3 Å². The minimum atomic E-state index is -0.844. The Hall–Kier alpha value is -4.69. The lowest BCUT2D eigenvalue weighted by Crippen LogP contribution is -2.06. The van der Waals surface area contributed by atoms with Crippen molar-refractivity contribution in [3.8, 4) is 5.75 Å². The third kappa shape index (κ3) is 9.40. The van der Waals surface area contributed by atoms with Gasteiger partial charge in [0, 0.05) is 24.3 Å². The summed E-state index contributed by atoms with van der Waals surface area (Å²) in [5.74, 6) is -0.550. The van der Waals surface area contributed by atoms with Crippen LogP contribution in [0.4, 0.5) is 27.4 Å². The van der Waals surface area contributed by atoms with Crippen molar-refractivity contribution in [3.63, 3.8) is 0 Å². The Morgan fingerprint density at radius 1 is 0.733 bits per heavy atom. The Morgan fingerprint density at radius 3 is 1.44 bits per heavy atom. The molecule has 0 aliphatic rings. The lowest BCUT2D eigenvalue weighted by Gasteiger charge is -2.08. The second-order valence-corrected chi connectivity index (χ2v) is 9.75. The summed E-state index contributed by atoms with van der Waals surface area (Å²) in [6.45, 7) is -0.425. The average Bonchev–Trinajstić information content (AvgIpc) is 3.53. The molecule has 2 heterocycles. The number of benzene rings is 2. The predicted octanol–water partition coefficient (Wildman–Crippen LogP) is 5.98. The first kappa shape index (κ1) is 36.5. The SMILES string of the molecule is Cn1c([N+](=O)[O-])cnc1CO.Cn1c([N+](=O)[O-])cnc1COc1c(Cl)cc([N+](=O)[O-])cc1Cl.O=[N+]([O-])c1cc(Cl)c(F)c(Cl)c1. The number of hydrogen-bond acceptors (Lipinski definition) is 12. The van der Waals surface area contributed by atoms with Gasteiger partial charge in [-0.15, -0.1) is 0 Å². The van der Waals surface area contributed by atoms with Crippen LogP contribution in [-0.4, -0.2) is 43.9 Å². The van der Waals surface area contributed by atoms with Crippen molar-refractivity contribution in [2.24, 2.45) is 14.1 Å². The molecule has 23 heteroatoms. The molecule has 4 aromatic rings. The Bertz CT molecular complexity index is 1720. The Kier molecular flexibility index (Phi) is 12.9. The molecular formula is C22H17Cl4FN8O10. The van der Waals surface area contributed by atoms with Crippen molar-refractivity contribution in [2.75, 3.05) is 0 Å². The van der Waals surface area contributed by atoms with Crippen LogP contribution in [0.5, 0.6) is 5.75 Å². The van der Waals surface area contributed by atoms with Gasteiger partial charge in [-0.3, -0.25) is 20.2 Å². The number of non-ortho nitro benzene ring substituents is 2. The maximum Gasteiger partial charge on any atom is 0.342 e. The second-order valence-electron chi connectivity index (χ2n) is 8.12. The van der Waals surface area contributed by atoms with E-state index in [-0.39, 0.29) is 73.7 Å². The van der Waals surface area contributed by atoms with Crippen molar-refractivity contribution < 1.29 is 33.9 Å². The molecule has 0 fully saturated rings. The van der Waals surface area contributed by atoms with Crippen molar-refractivity contribution in [2.45, 2.75) is 13.2 Å². The van der Waals surface area contributed by atoms with Crippen LogP contribution in [0.15, 0.2) is 36.7 Å². The summed E-state index contributed by atoms with van der Waals surface area (Å²) < 4.78 is 20.5. The number of halogens is 5. The number of aliphatic hydroxyl groups excluding tert-OH is 1. The molecule has 2 aromatic carbocycles. The fourth-order valence-corrected chi connectivity index (χ4v) is 4.13. The number of imidazole rings is 2. The summed E-state index contributed by atoms with van der Waals surface area (Å²) in [6, 6.07) is 4.01. The quantitative estimate of drug-likeness (QED) is 0.126. The third-order valence-corrected chi connectivity index (χ3v) is 6.47. The van der Waals surface area contributed by atoms with Crippen LogP contribution in [0.2, 0.25) is 20.1 Å². The summed E-state index contributed by atoms with van der Waals surface area (Å²) in [7, 11) is 2.94. The predicted molar refractivity (Wildman–Crippen MR) is 156 cm³/mol. The van der Waals surface area contributed by atoms with Crippen LogP contribution >= 0.6 is 46.4 Å². The summed E-state index contributed by atoms with van der Waals surface area (Å²) in [4.78, 5) is 46.8. The highest BCUT2D eigenvalue weighted by Crippen LogP contribution is 2.37. The maximum atomic E-state index is 12.7. The first-order chi connectivity index (χ1) is 21.0. The molecule has 0 bridgehead atoms. The molecule has 240 valence electrons. The van der Waals surface area contributed by atoms with Gasteiger partial charge in [0.25, 0.3) is 11.4 Å². The largest absolute Gasteiger partial charge is 0.480 e. The summed E-state index contributed by atoms with van der Waals surface area (Å²) in [6.07, 6.45) is 2.21. The van der Waals surface area contributed by atoms with Crippen LogP contribution in [0.1, 0.15) is 11.6 Å². The number of ether oxygens (including phenoxy) is 1. The normalized spacial score (nSPS) is 10.2. The first-order valence-corrected chi connectivity index (χ1v) is 13.0. The zero-order chi connectivity index (χ0) is 34.2. The molecule has 0 atom stereocenters. The molecule has 2 aromatic heterocycles. The molecule has 1 N–H and O–H groups in total. The smallest absolute Gasteiger partial charge is 0.342 e. The lowest BCUT2D eigenvalue weighted by molar-refractivity contribution is -0.392. The van der Waals surface area contributed by atoms with E-state index >= 15 is 0 Å². The van der Waals surface area contributed by atoms with Crippen LogP contribution in [0.25, 0.3) is 0 Å². The van der Waals surface area contributed by atoms with E-state index < -0.39 is 25.5 Å². The molecule has 0 spiro atoms. The van der Waals surface area contributed by atoms with E-state index in [0.29, 0.717) is 0 Å². The van der Waals surface area contributed by atoms with Gasteiger partial charge in [0.15, 0.2) is 18.2 Å². The van der Waals surface area contributed by atoms with E-state index in [1.807, 2.05) is 0 Å². The highest BCUT2D eigenvalue weighted by molar-refractivity contribution is 6.37. The highest BCUT2D eigenvalue weighted by Gasteiger charge is 2.20. The van der Waals surface area contributed by atoms with E-state index in [2.05, 4.69) is 9.97 Å². The Balaban J connectivity index is 0.000000259. The molecule has 0 unspecified atom stereocenters. The van der Waals surface area contributed by atoms with Gasteiger partial charge in [-0.05, 0) is 9.85 Å². The fourth-order valence-electron chi connectivity index (χ4n) is 3.07. The van der Waals surface area contributed by atoms with Gasteiger partial charge in [-0.2, -0.15) is 0 Å². The van der Waals surface area contributed by atoms with Gasteiger partial charge in [-0.1, -0.05) is 46.4 Å². The third-order valence-electron chi connectivity index (χ3n) is 5.35. The zero-order valence-electron chi connectivity index (χ0n) is 22.5. The van der Waals surface area contributed by atoms with Crippen molar-refractivity contribution in [1.82, 2.24) is 19.1 Å². The maximum absolute atomic E-state index is 12.7. The number of hydrogen-bond donors (Lipinski definition) is 1. The lowest BCUT2D eigenvalue weighted by atomic mass is 10.3. The van der Waals surface area contributed by atoms with Crippen LogP contribution in [0.3, 0.4) is 0 Å². The van der Waals surface area contributed by atoms with Gasteiger partial charge < -0.3 is 30.1 Å². The van der Waals surface area contributed by atoms with E-state index in [1.54, 1.807) is 0 Å². The molecule has 0 saturated heterocycles. The standard InChI is InChI=1S/C11H8Cl2N4O5.C6H2Cl2FNO2.C5H7N3O3/c1-15-9(14-4-10(15)17(20)21)5-22-11-7(12)2-6(16(18)19)3-8(11)13;7-4-1-3(10(11)12)2-5(8)6(4)9;1-7-4(3-9)6-2-5(7)8(10)11/h2-4H,5H2,1H3;1-2H;2,9H,3H2,1H3. The topological polar surface area (TPSA) is 238 Å². The van der Waals surface area contributed by atoms with E-state index in [4.69, 9.17) is 56.2 Å². The summed E-state index contributed by atoms with van der Waals surface area (Å²) in [5, 5.41) is 49.6. The molecule has 0 amide bonds. The number of nitro benzene ring substituents is 2. The monoisotopic (exact) mass is 712 g/mol. The minimum Gasteiger partial charge on any atom is -0.480 e. The van der Waals surface area contributed by atoms with Gasteiger partial charge in [0.2, 0.25) is 11.6 Å². The minimum absolute atomic E-state index is 0.0390. The van der Waals surface area contributed by atoms with E-state index in [0.717, 1.165) is 36.7 Å². The molecule has 18 nitrogen and oxygen atoms in total. The Labute approximate surface area is 269 Å². The van der Waals surface area contributed by atoms with Gasteiger partial charge in [0.1, 0.15) is 19.0 Å². The van der Waals surface area contributed by atoms with Gasteiger partial charge >= 0.3 is 11.6 Å². The number of nitrogens with zero attached hydrogens (tertiary/aromatic N) is 8. The highest BCUT2D eigenvalue weighted by atomic mass is 35.5. The molecule has 0 saturated carbocycles. The fraction of sp³-hybridized carbons (Fsp3) is 0.182. The van der Waals surface area contributed by atoms with E-state index in [1.165, 1.54) is 23.2 Å². The average molecular weight is 714 g/mol. The molecule has 0 aliphatic heterocycles. The number of aliphatic hydroxyl groups is 1. The molecule has 0 radical (unpaired) electrons. The van der Waals surface area contributed by atoms with E-state index in [9.17, 15) is 44.8 Å². The molecular weight excluding hydrogens is 697 g/mol. The van der Waals surface area contributed by atoms with Gasteiger partial charge in [-0.25, -0.2) is 23.5 Å². The zero-order valence-corrected chi connectivity index (χ0v) is 25.5. The number of aromatic nitrogens is 4. The number of rotatable bonds is 8. The second kappa shape index (κ2) is 15.9. The molecule has 0 aliphatic carbocycles. The first-order valence-electron chi connectivity index (χ1n) is 11.5. The van der Waals surface area contributed by atoms with Crippen molar-refractivity contribution >= 4 is 69.4 Å². The summed E-state index contributed by atoms with van der Waals surface area (Å²) >= 11 is 22.4.